The van der Waals surface area contributed by atoms with Crippen LogP contribution >= 0.6 is 0 Å². The SMILES string of the molecule is CC.COC(=O)C1CCC(COc2ccc(CC(C)C)cc2)CC1. The normalized spacial score (nSPS) is 20.1. The summed E-state index contributed by atoms with van der Waals surface area (Å²) in [5.74, 6) is 2.22. The summed E-state index contributed by atoms with van der Waals surface area (Å²) in [5.41, 5.74) is 1.36. The van der Waals surface area contributed by atoms with Crippen molar-refractivity contribution in [2.45, 2.75) is 59.8 Å². The Morgan fingerprint density at radius 1 is 1.08 bits per heavy atom. The third-order valence-electron chi connectivity index (χ3n) is 4.43. The Balaban J connectivity index is 0.00000139. The van der Waals surface area contributed by atoms with Gasteiger partial charge in [-0.25, -0.2) is 0 Å². The van der Waals surface area contributed by atoms with Gasteiger partial charge in [-0.1, -0.05) is 39.8 Å². The number of hydrogen-bond donors (Lipinski definition) is 0. The summed E-state index contributed by atoms with van der Waals surface area (Å²) in [7, 11) is 1.47. The standard InChI is InChI=1S/C19H28O3.C2H6/c1-14(2)12-15-6-10-18(11-7-15)22-13-16-4-8-17(9-5-16)19(20)21-3;1-2/h6-7,10-11,14,16-17H,4-5,8-9,12-13H2,1-3H3;1-2H3. The van der Waals surface area contributed by atoms with Gasteiger partial charge in [-0.3, -0.25) is 4.79 Å². The van der Waals surface area contributed by atoms with Crippen molar-refractivity contribution in [1.82, 2.24) is 0 Å². The van der Waals surface area contributed by atoms with Crippen LogP contribution in [0.15, 0.2) is 24.3 Å². The van der Waals surface area contributed by atoms with Gasteiger partial charge in [0.1, 0.15) is 5.75 Å². The van der Waals surface area contributed by atoms with Crippen molar-refractivity contribution >= 4 is 5.97 Å². The van der Waals surface area contributed by atoms with E-state index in [1.54, 1.807) is 0 Å². The molecular weight excluding hydrogens is 300 g/mol. The van der Waals surface area contributed by atoms with Gasteiger partial charge in [0.15, 0.2) is 0 Å². The van der Waals surface area contributed by atoms with Crippen molar-refractivity contribution < 1.29 is 14.3 Å². The molecule has 0 bridgehead atoms. The number of hydrogen-bond acceptors (Lipinski definition) is 3. The Bertz CT molecular complexity index is 456. The Hall–Kier alpha value is -1.51. The third kappa shape index (κ3) is 6.94. The average Bonchev–Trinajstić information content (AvgIpc) is 2.62. The first-order valence-electron chi connectivity index (χ1n) is 9.38. The molecule has 0 radical (unpaired) electrons. The molecule has 3 nitrogen and oxygen atoms in total. The first-order chi connectivity index (χ1) is 11.6. The van der Waals surface area contributed by atoms with E-state index in [1.165, 1.54) is 12.7 Å². The summed E-state index contributed by atoms with van der Waals surface area (Å²) in [6, 6.07) is 8.45. The van der Waals surface area contributed by atoms with Crippen LogP contribution in [0.4, 0.5) is 0 Å². The highest BCUT2D eigenvalue weighted by Gasteiger charge is 2.27. The molecule has 1 saturated carbocycles. The molecule has 136 valence electrons. The van der Waals surface area contributed by atoms with Gasteiger partial charge in [-0.05, 0) is 61.6 Å². The summed E-state index contributed by atoms with van der Waals surface area (Å²) in [6.07, 6.45) is 5.05. The molecule has 0 amide bonds. The van der Waals surface area contributed by atoms with Gasteiger partial charge < -0.3 is 9.47 Å². The summed E-state index contributed by atoms with van der Waals surface area (Å²) in [6.45, 7) is 9.21. The van der Waals surface area contributed by atoms with Crippen molar-refractivity contribution in [2.24, 2.45) is 17.8 Å². The van der Waals surface area contributed by atoms with Gasteiger partial charge in [0, 0.05) is 0 Å². The maximum atomic E-state index is 11.5. The summed E-state index contributed by atoms with van der Waals surface area (Å²) in [4.78, 5) is 11.5. The molecule has 0 heterocycles. The molecule has 0 atom stereocenters. The van der Waals surface area contributed by atoms with Crippen molar-refractivity contribution in [3.05, 3.63) is 29.8 Å². The molecule has 3 heteroatoms. The lowest BCUT2D eigenvalue weighted by Crippen LogP contribution is -2.25. The average molecular weight is 335 g/mol. The molecule has 0 saturated heterocycles. The number of benzene rings is 1. The van der Waals surface area contributed by atoms with Gasteiger partial charge >= 0.3 is 5.97 Å². The largest absolute Gasteiger partial charge is 0.493 e. The molecule has 1 aromatic carbocycles. The highest BCUT2D eigenvalue weighted by Crippen LogP contribution is 2.30. The fourth-order valence-electron chi connectivity index (χ4n) is 3.14. The van der Waals surface area contributed by atoms with Crippen LogP contribution in [-0.2, 0) is 16.0 Å². The van der Waals surface area contributed by atoms with E-state index < -0.39 is 0 Å². The fourth-order valence-corrected chi connectivity index (χ4v) is 3.14. The minimum Gasteiger partial charge on any atom is -0.493 e. The molecule has 1 aromatic rings. The van der Waals surface area contributed by atoms with E-state index in [9.17, 15) is 4.79 Å². The van der Waals surface area contributed by atoms with Crippen molar-refractivity contribution in [2.75, 3.05) is 13.7 Å². The molecule has 0 aliphatic heterocycles. The number of carbonyl (C=O) groups is 1. The van der Waals surface area contributed by atoms with E-state index in [1.807, 2.05) is 13.8 Å². The van der Waals surface area contributed by atoms with Gasteiger partial charge in [0.2, 0.25) is 0 Å². The predicted octanol–water partition coefficient (Wildman–Crippen LogP) is 5.27. The molecule has 0 aromatic heterocycles. The quantitative estimate of drug-likeness (QED) is 0.665. The van der Waals surface area contributed by atoms with E-state index in [0.717, 1.165) is 44.5 Å². The van der Waals surface area contributed by atoms with Gasteiger partial charge in [0.05, 0.1) is 19.6 Å². The van der Waals surface area contributed by atoms with Crippen molar-refractivity contribution in [3.63, 3.8) is 0 Å². The van der Waals surface area contributed by atoms with Crippen LogP contribution in [0.25, 0.3) is 0 Å². The maximum absolute atomic E-state index is 11.5. The zero-order valence-corrected chi connectivity index (χ0v) is 16.0. The fraction of sp³-hybridized carbons (Fsp3) is 0.667. The molecule has 2 rings (SSSR count). The molecular formula is C21H34O3. The lowest BCUT2D eigenvalue weighted by atomic mass is 9.82. The second-order valence-electron chi connectivity index (χ2n) is 6.79. The number of methoxy groups -OCH3 is 1. The first kappa shape index (κ1) is 20.5. The Labute approximate surface area is 147 Å². The Morgan fingerprint density at radius 3 is 2.17 bits per heavy atom. The van der Waals surface area contributed by atoms with Gasteiger partial charge in [0.25, 0.3) is 0 Å². The van der Waals surface area contributed by atoms with Crippen LogP contribution in [-0.4, -0.2) is 19.7 Å². The number of carbonyl (C=O) groups excluding carboxylic acids is 1. The van der Waals surface area contributed by atoms with Crippen LogP contribution in [0, 0.1) is 17.8 Å². The monoisotopic (exact) mass is 334 g/mol. The molecule has 0 N–H and O–H groups in total. The molecule has 0 unspecified atom stereocenters. The van der Waals surface area contributed by atoms with Crippen LogP contribution in [0.2, 0.25) is 0 Å². The third-order valence-corrected chi connectivity index (χ3v) is 4.43. The number of ether oxygens (including phenoxy) is 2. The smallest absolute Gasteiger partial charge is 0.308 e. The molecule has 0 spiro atoms. The van der Waals surface area contributed by atoms with E-state index >= 15 is 0 Å². The van der Waals surface area contributed by atoms with E-state index in [0.29, 0.717) is 11.8 Å². The van der Waals surface area contributed by atoms with Crippen molar-refractivity contribution in [3.8, 4) is 5.75 Å². The lowest BCUT2D eigenvalue weighted by Gasteiger charge is -2.26. The number of rotatable bonds is 6. The van der Waals surface area contributed by atoms with Gasteiger partial charge in [-0.2, -0.15) is 0 Å². The van der Waals surface area contributed by atoms with Crippen LogP contribution < -0.4 is 4.74 Å². The molecule has 1 fully saturated rings. The van der Waals surface area contributed by atoms with Gasteiger partial charge in [-0.15, -0.1) is 0 Å². The Kier molecular flexibility index (Phi) is 9.51. The van der Waals surface area contributed by atoms with E-state index in [4.69, 9.17) is 9.47 Å². The minimum atomic E-state index is -0.0555. The molecule has 24 heavy (non-hydrogen) atoms. The first-order valence-corrected chi connectivity index (χ1v) is 9.38. The van der Waals surface area contributed by atoms with E-state index in [-0.39, 0.29) is 11.9 Å². The Morgan fingerprint density at radius 2 is 1.67 bits per heavy atom. The summed E-state index contributed by atoms with van der Waals surface area (Å²) >= 11 is 0. The number of esters is 1. The van der Waals surface area contributed by atoms with Crippen molar-refractivity contribution in [1.29, 1.82) is 0 Å². The van der Waals surface area contributed by atoms with Crippen LogP contribution in [0.1, 0.15) is 58.9 Å². The summed E-state index contributed by atoms with van der Waals surface area (Å²) < 4.78 is 10.7. The zero-order valence-electron chi connectivity index (χ0n) is 16.0. The molecule has 1 aliphatic rings. The summed E-state index contributed by atoms with van der Waals surface area (Å²) in [5, 5.41) is 0. The lowest BCUT2D eigenvalue weighted by molar-refractivity contribution is -0.146. The van der Waals surface area contributed by atoms with E-state index in [2.05, 4.69) is 38.1 Å². The second-order valence-corrected chi connectivity index (χ2v) is 6.79. The highest BCUT2D eigenvalue weighted by molar-refractivity contribution is 5.72. The van der Waals surface area contributed by atoms with Crippen LogP contribution in [0.5, 0.6) is 5.75 Å². The minimum absolute atomic E-state index is 0.0555. The predicted molar refractivity (Wildman–Crippen MR) is 99.3 cm³/mol. The maximum Gasteiger partial charge on any atom is 0.308 e. The highest BCUT2D eigenvalue weighted by atomic mass is 16.5. The van der Waals surface area contributed by atoms with Crippen LogP contribution in [0.3, 0.4) is 0 Å². The topological polar surface area (TPSA) is 35.5 Å². The second kappa shape index (κ2) is 11.1. The zero-order chi connectivity index (χ0) is 17.9. The molecule has 1 aliphatic carbocycles.